The first-order valence-electron chi connectivity index (χ1n) is 9.21. The van der Waals surface area contributed by atoms with E-state index in [0.717, 1.165) is 0 Å². The number of phenols is 1. The molecule has 0 saturated heterocycles. The van der Waals surface area contributed by atoms with E-state index in [0.29, 0.717) is 22.3 Å². The molecule has 31 heavy (non-hydrogen) atoms. The van der Waals surface area contributed by atoms with Crippen molar-refractivity contribution in [2.75, 3.05) is 0 Å². The molecule has 3 aromatic rings. The maximum absolute atomic E-state index is 11.3. The molecule has 0 saturated carbocycles. The zero-order valence-corrected chi connectivity index (χ0v) is 16.9. The highest BCUT2D eigenvalue weighted by atomic mass is 16.6. The molecule has 0 amide bonds. The van der Waals surface area contributed by atoms with Gasteiger partial charge in [-0.25, -0.2) is 9.13 Å². The zero-order valence-electron chi connectivity index (χ0n) is 16.9. The Hall–Kier alpha value is -4.40. The Labute approximate surface area is 177 Å². The minimum absolute atomic E-state index is 0.00950. The second-order valence-electron chi connectivity index (χ2n) is 6.90. The summed E-state index contributed by atoms with van der Waals surface area (Å²) >= 11 is 0. The van der Waals surface area contributed by atoms with Crippen molar-refractivity contribution < 1.29 is 24.1 Å². The third-order valence-corrected chi connectivity index (χ3v) is 4.56. The Morgan fingerprint density at radius 1 is 0.774 bits per heavy atom. The van der Waals surface area contributed by atoms with Crippen LogP contribution in [0, 0.1) is 20.2 Å². The van der Waals surface area contributed by atoms with Crippen molar-refractivity contribution >= 4 is 35.7 Å². The lowest BCUT2D eigenvalue weighted by molar-refractivity contribution is -0.674. The third-order valence-electron chi connectivity index (χ3n) is 4.56. The summed E-state index contributed by atoms with van der Waals surface area (Å²) in [4.78, 5) is 21.6. The molecule has 0 radical (unpaired) electrons. The smallest absolute Gasteiger partial charge is 0.339 e. The molecule has 0 bridgehead atoms. The summed E-state index contributed by atoms with van der Waals surface area (Å²) in [5.41, 5.74) is 1.93. The predicted molar refractivity (Wildman–Crippen MR) is 115 cm³/mol. The van der Waals surface area contributed by atoms with E-state index in [-0.39, 0.29) is 17.1 Å². The molecule has 9 heteroatoms. The Balaban J connectivity index is 1.92. The summed E-state index contributed by atoms with van der Waals surface area (Å²) < 4.78 is 3.18. The summed E-state index contributed by atoms with van der Waals surface area (Å²) in [6.45, 7) is 0. The number of nitro groups is 2. The lowest BCUT2D eigenvalue weighted by Crippen LogP contribution is -2.27. The number of hydrogen-bond donors (Lipinski definition) is 1. The second-order valence-corrected chi connectivity index (χ2v) is 6.90. The molecule has 2 heterocycles. The standard InChI is InChI=1S/C22H19N4O5/c1-23-11-9-17(20(14-23)25(28)29)5-3-16-4-8-22(27)19(13-16)7-6-18-10-12-24(2)15-21(18)26(30)31/h3-15H,1-2H3/q+1/p+1. The van der Waals surface area contributed by atoms with Gasteiger partial charge in [-0.05, 0) is 29.8 Å². The molecule has 3 rings (SSSR count). The van der Waals surface area contributed by atoms with Crippen LogP contribution in [0.25, 0.3) is 24.3 Å². The summed E-state index contributed by atoms with van der Waals surface area (Å²) in [6, 6.07) is 8.11. The van der Waals surface area contributed by atoms with Crippen molar-refractivity contribution in [2.24, 2.45) is 14.1 Å². The minimum atomic E-state index is -0.467. The van der Waals surface area contributed by atoms with Crippen LogP contribution >= 0.6 is 0 Å². The number of rotatable bonds is 6. The van der Waals surface area contributed by atoms with Gasteiger partial charge in [0.1, 0.15) is 19.8 Å². The fourth-order valence-electron chi connectivity index (χ4n) is 2.95. The maximum Gasteiger partial charge on any atom is 0.339 e. The number of pyridine rings is 2. The van der Waals surface area contributed by atoms with Crippen LogP contribution in [0.2, 0.25) is 0 Å². The molecule has 0 aliphatic heterocycles. The van der Waals surface area contributed by atoms with Crippen LogP contribution in [0.15, 0.2) is 55.1 Å². The third kappa shape index (κ3) is 5.15. The summed E-state index contributed by atoms with van der Waals surface area (Å²) in [7, 11) is 3.40. The number of aromatic nitrogens is 2. The molecule has 0 unspecified atom stereocenters. The molecule has 9 nitrogen and oxygen atoms in total. The SMILES string of the molecule is C[n+]1ccc(C=Cc2ccc(O)c(C=Cc3cc[n+](C)cc3[N+](=O)[O-])c2)c([N+](=O)[O-])c1. The predicted octanol–water partition coefficient (Wildman–Crippen LogP) is 3.20. The number of aromatic hydroxyl groups is 1. The lowest BCUT2D eigenvalue weighted by atomic mass is 10.1. The number of aryl methyl sites for hydroxylation is 2. The number of nitrogens with zero attached hydrogens (tertiary/aromatic N) is 4. The van der Waals surface area contributed by atoms with Crippen LogP contribution in [0.1, 0.15) is 22.3 Å². The minimum Gasteiger partial charge on any atom is -0.507 e. The highest BCUT2D eigenvalue weighted by Gasteiger charge is 2.17. The molecule has 156 valence electrons. The lowest BCUT2D eigenvalue weighted by Gasteiger charge is -2.02. The molecule has 0 atom stereocenters. The Bertz CT molecular complexity index is 1230. The average Bonchev–Trinajstić information content (AvgIpc) is 2.73. The zero-order chi connectivity index (χ0) is 22.5. The van der Waals surface area contributed by atoms with E-state index in [1.54, 1.807) is 84.2 Å². The van der Waals surface area contributed by atoms with Crippen LogP contribution in [-0.4, -0.2) is 15.0 Å². The summed E-state index contributed by atoms with van der Waals surface area (Å²) in [6.07, 6.45) is 12.7. The summed E-state index contributed by atoms with van der Waals surface area (Å²) in [5, 5.41) is 32.7. The van der Waals surface area contributed by atoms with Crippen LogP contribution in [-0.2, 0) is 14.1 Å². The Morgan fingerprint density at radius 3 is 1.77 bits per heavy atom. The number of benzene rings is 1. The van der Waals surface area contributed by atoms with Gasteiger partial charge in [-0.15, -0.1) is 0 Å². The summed E-state index contributed by atoms with van der Waals surface area (Å²) in [5.74, 6) is 0.00950. The molecule has 0 fully saturated rings. The monoisotopic (exact) mass is 420 g/mol. The Morgan fingerprint density at radius 2 is 1.26 bits per heavy atom. The normalized spacial score (nSPS) is 11.3. The Kier molecular flexibility index (Phi) is 6.15. The number of phenolic OH excluding ortho intramolecular Hbond substituents is 1. The highest BCUT2D eigenvalue weighted by molar-refractivity contribution is 5.79. The van der Waals surface area contributed by atoms with Gasteiger partial charge in [0.2, 0.25) is 12.4 Å². The molecule has 1 aromatic carbocycles. The molecule has 2 aromatic heterocycles. The molecular formula is C22H20N4O5+2. The largest absolute Gasteiger partial charge is 0.507 e. The topological polar surface area (TPSA) is 114 Å². The molecule has 0 aliphatic carbocycles. The van der Waals surface area contributed by atoms with Crippen LogP contribution < -0.4 is 9.13 Å². The van der Waals surface area contributed by atoms with E-state index in [1.165, 1.54) is 18.5 Å². The van der Waals surface area contributed by atoms with E-state index in [1.807, 2.05) is 0 Å². The van der Waals surface area contributed by atoms with Crippen molar-refractivity contribution in [3.63, 3.8) is 0 Å². The van der Waals surface area contributed by atoms with Crippen molar-refractivity contribution in [3.05, 3.63) is 97.6 Å². The van der Waals surface area contributed by atoms with Gasteiger partial charge < -0.3 is 5.11 Å². The van der Waals surface area contributed by atoms with E-state index in [9.17, 15) is 25.3 Å². The first-order valence-corrected chi connectivity index (χ1v) is 9.21. The van der Waals surface area contributed by atoms with Gasteiger partial charge in [-0.1, -0.05) is 18.2 Å². The first kappa shape index (κ1) is 21.3. The quantitative estimate of drug-likeness (QED) is 0.374. The first-order chi connectivity index (χ1) is 14.7. The van der Waals surface area contributed by atoms with Crippen molar-refractivity contribution in [1.29, 1.82) is 0 Å². The van der Waals surface area contributed by atoms with E-state index < -0.39 is 9.85 Å². The van der Waals surface area contributed by atoms with Gasteiger partial charge in [-0.3, -0.25) is 20.2 Å². The van der Waals surface area contributed by atoms with Gasteiger partial charge in [0.25, 0.3) is 0 Å². The van der Waals surface area contributed by atoms with Crippen LogP contribution in [0.4, 0.5) is 11.4 Å². The van der Waals surface area contributed by atoms with Crippen molar-refractivity contribution in [2.45, 2.75) is 0 Å². The molecule has 0 spiro atoms. The van der Waals surface area contributed by atoms with Gasteiger partial charge in [0, 0.05) is 17.7 Å². The van der Waals surface area contributed by atoms with Gasteiger partial charge in [0.05, 0.1) is 21.0 Å². The second kappa shape index (κ2) is 8.95. The fraction of sp³-hybridized carbons (Fsp3) is 0.0909. The van der Waals surface area contributed by atoms with E-state index >= 15 is 0 Å². The average molecular weight is 420 g/mol. The maximum atomic E-state index is 11.3. The van der Waals surface area contributed by atoms with Gasteiger partial charge in [0.15, 0.2) is 12.4 Å². The molecule has 1 N–H and O–H groups in total. The van der Waals surface area contributed by atoms with E-state index in [4.69, 9.17) is 0 Å². The van der Waals surface area contributed by atoms with Crippen LogP contribution in [0.3, 0.4) is 0 Å². The highest BCUT2D eigenvalue weighted by Crippen LogP contribution is 2.25. The van der Waals surface area contributed by atoms with Crippen molar-refractivity contribution in [3.8, 4) is 5.75 Å². The molecular weight excluding hydrogens is 400 g/mol. The number of hydrogen-bond acceptors (Lipinski definition) is 5. The fourth-order valence-corrected chi connectivity index (χ4v) is 2.95. The molecule has 0 aliphatic rings. The van der Waals surface area contributed by atoms with Gasteiger partial charge >= 0.3 is 11.4 Å². The van der Waals surface area contributed by atoms with Gasteiger partial charge in [-0.2, -0.15) is 0 Å². The van der Waals surface area contributed by atoms with E-state index in [2.05, 4.69) is 0 Å². The van der Waals surface area contributed by atoms with Crippen LogP contribution in [0.5, 0.6) is 5.75 Å². The van der Waals surface area contributed by atoms with Crippen molar-refractivity contribution in [1.82, 2.24) is 0 Å².